The summed E-state index contributed by atoms with van der Waals surface area (Å²) in [5, 5.41) is 5.74. The molecule has 6 atom stereocenters. The summed E-state index contributed by atoms with van der Waals surface area (Å²) in [5.41, 5.74) is 15.1. The minimum Gasteiger partial charge on any atom is -0.0619 e. The summed E-state index contributed by atoms with van der Waals surface area (Å²) in [7, 11) is 0. The molecule has 0 saturated heterocycles. The van der Waals surface area contributed by atoms with Crippen LogP contribution < -0.4 is 0 Å². The lowest BCUT2D eigenvalue weighted by atomic mass is 9.71. The van der Waals surface area contributed by atoms with Crippen LogP contribution in [0.15, 0.2) is 132 Å². The maximum atomic E-state index is 2.57. The zero-order chi connectivity index (χ0) is 29.8. The summed E-state index contributed by atoms with van der Waals surface area (Å²) in [5.74, 6) is 2.48. The van der Waals surface area contributed by atoms with Gasteiger partial charge in [-0.15, -0.1) is 0 Å². The average molecular weight is 577 g/mol. The molecule has 0 heterocycles. The van der Waals surface area contributed by atoms with Crippen molar-refractivity contribution in [3.05, 3.63) is 177 Å². The van der Waals surface area contributed by atoms with Gasteiger partial charge in [-0.3, -0.25) is 0 Å². The van der Waals surface area contributed by atoms with Crippen molar-refractivity contribution in [2.45, 2.75) is 55.8 Å². The number of benzene rings is 6. The van der Waals surface area contributed by atoms with Gasteiger partial charge in [0.1, 0.15) is 0 Å². The molecule has 0 aliphatic heterocycles. The Balaban J connectivity index is 1.11. The van der Waals surface area contributed by atoms with Gasteiger partial charge >= 0.3 is 0 Å². The Labute approximate surface area is 265 Å². The Morgan fingerprint density at radius 2 is 0.778 bits per heavy atom. The van der Waals surface area contributed by atoms with Crippen molar-refractivity contribution >= 4 is 33.7 Å². The molecule has 6 unspecified atom stereocenters. The van der Waals surface area contributed by atoms with E-state index in [9.17, 15) is 0 Å². The van der Waals surface area contributed by atoms with E-state index in [4.69, 9.17) is 0 Å². The lowest BCUT2D eigenvalue weighted by molar-refractivity contribution is 0.546. The second kappa shape index (κ2) is 9.41. The summed E-state index contributed by atoms with van der Waals surface area (Å²) in [6, 6.07) is 46.3. The molecule has 0 nitrogen and oxygen atoms in total. The molecule has 0 saturated carbocycles. The van der Waals surface area contributed by atoms with Crippen LogP contribution in [0.25, 0.3) is 33.7 Å². The maximum absolute atomic E-state index is 2.57. The second-order valence-corrected chi connectivity index (χ2v) is 14.0. The maximum Gasteiger partial charge on any atom is 0.0130 e. The highest BCUT2D eigenvalue weighted by Crippen LogP contribution is 2.61. The largest absolute Gasteiger partial charge is 0.0619 e. The zero-order valence-electron chi connectivity index (χ0n) is 25.9. The van der Waals surface area contributed by atoms with Crippen molar-refractivity contribution in [3.63, 3.8) is 0 Å². The molecule has 0 spiro atoms. The third-order valence-electron chi connectivity index (χ3n) is 12.0. The van der Waals surface area contributed by atoms with Crippen molar-refractivity contribution < 1.29 is 0 Å². The summed E-state index contributed by atoms with van der Waals surface area (Å²) in [6.07, 6.45) is 6.26. The molecule has 0 heteroatoms. The van der Waals surface area contributed by atoms with Crippen LogP contribution in [-0.2, 0) is 0 Å². The molecular weight excluding hydrogens is 540 g/mol. The fraction of sp³-hybridized carbons (Fsp3) is 0.200. The molecule has 6 aromatic carbocycles. The van der Waals surface area contributed by atoms with Gasteiger partial charge in [-0.25, -0.2) is 0 Å². The van der Waals surface area contributed by atoms with Crippen LogP contribution in [0.3, 0.4) is 0 Å². The molecular formula is C45H36. The van der Waals surface area contributed by atoms with E-state index in [0.29, 0.717) is 35.5 Å². The van der Waals surface area contributed by atoms with Gasteiger partial charge in [0.15, 0.2) is 0 Å². The minimum atomic E-state index is 0.382. The summed E-state index contributed by atoms with van der Waals surface area (Å²) in [6.45, 7) is 4.93. The van der Waals surface area contributed by atoms with Gasteiger partial charge in [-0.05, 0) is 84.3 Å². The lowest BCUT2D eigenvalue weighted by Crippen LogP contribution is -2.16. The van der Waals surface area contributed by atoms with Crippen molar-refractivity contribution in [1.29, 1.82) is 0 Å². The Kier molecular flexibility index (Phi) is 5.36. The molecule has 0 radical (unpaired) electrons. The van der Waals surface area contributed by atoms with Crippen LogP contribution in [0, 0.1) is 0 Å². The van der Waals surface area contributed by atoms with E-state index in [-0.39, 0.29) is 0 Å². The number of hydrogen-bond acceptors (Lipinski definition) is 0. The van der Waals surface area contributed by atoms with Crippen LogP contribution in [0.2, 0.25) is 0 Å². The number of hydrogen-bond donors (Lipinski definition) is 0. The normalized spacial score (nSPS) is 25.5. The van der Waals surface area contributed by atoms with Gasteiger partial charge < -0.3 is 0 Å². The zero-order valence-corrected chi connectivity index (χ0v) is 25.9. The third-order valence-corrected chi connectivity index (χ3v) is 12.0. The molecule has 45 heavy (non-hydrogen) atoms. The third kappa shape index (κ3) is 3.49. The van der Waals surface area contributed by atoms with E-state index in [0.717, 1.165) is 6.42 Å². The molecule has 0 bridgehead atoms. The highest BCUT2D eigenvalue weighted by atomic mass is 14.5. The first-order valence-corrected chi connectivity index (χ1v) is 16.8. The predicted molar refractivity (Wildman–Crippen MR) is 189 cm³/mol. The smallest absolute Gasteiger partial charge is 0.0130 e. The van der Waals surface area contributed by atoms with E-state index in [2.05, 4.69) is 147 Å². The van der Waals surface area contributed by atoms with Crippen molar-refractivity contribution in [1.82, 2.24) is 0 Å². The van der Waals surface area contributed by atoms with Crippen molar-refractivity contribution in [2.75, 3.05) is 0 Å². The first-order chi connectivity index (χ1) is 22.2. The Morgan fingerprint density at radius 1 is 0.400 bits per heavy atom. The average Bonchev–Trinajstić information content (AvgIpc) is 3.78. The second-order valence-electron chi connectivity index (χ2n) is 14.0. The highest BCUT2D eigenvalue weighted by Gasteiger charge is 2.44. The Hall–Kier alpha value is -4.68. The fourth-order valence-corrected chi connectivity index (χ4v) is 10.1. The van der Waals surface area contributed by atoms with E-state index in [1.807, 2.05) is 0 Å². The molecule has 216 valence electrons. The van der Waals surface area contributed by atoms with Crippen molar-refractivity contribution in [2.24, 2.45) is 0 Å². The lowest BCUT2D eigenvalue weighted by Gasteiger charge is -2.32. The first-order valence-electron chi connectivity index (χ1n) is 16.8. The monoisotopic (exact) mass is 576 g/mol. The molecule has 0 N–H and O–H groups in total. The summed E-state index contributed by atoms with van der Waals surface area (Å²) >= 11 is 0. The first kappa shape index (κ1) is 25.6. The van der Waals surface area contributed by atoms with Gasteiger partial charge in [0.05, 0.1) is 0 Å². The van der Waals surface area contributed by atoms with Gasteiger partial charge in [0, 0.05) is 23.7 Å². The quantitative estimate of drug-likeness (QED) is 0.196. The Morgan fingerprint density at radius 3 is 1.22 bits per heavy atom. The van der Waals surface area contributed by atoms with Gasteiger partial charge in [0.2, 0.25) is 0 Å². The van der Waals surface area contributed by atoms with Gasteiger partial charge in [-0.2, -0.15) is 0 Å². The van der Waals surface area contributed by atoms with E-state index >= 15 is 0 Å². The molecule has 6 aromatic rings. The van der Waals surface area contributed by atoms with Crippen LogP contribution >= 0.6 is 0 Å². The standard InChI is InChI=1S/C45H36/c1-26-32-19-7-13-28-15-9-21-36(44(28)32)42(26)40-23-30-11-3-5-17-34(30)38(40)25-39-35-18-6-4-12-31(35)24-41(39)43-27(2)33-20-8-14-29-16-10-22-37(43)45(29)33/h3-24,26-27,38-39,42-43H,25H2,1-2H3. The molecule has 4 aliphatic rings. The van der Waals surface area contributed by atoms with E-state index in [1.54, 1.807) is 11.1 Å². The Bertz CT molecular complexity index is 2090. The molecule has 0 aromatic heterocycles. The van der Waals surface area contributed by atoms with Crippen LogP contribution in [0.5, 0.6) is 0 Å². The molecule has 0 amide bonds. The van der Waals surface area contributed by atoms with Crippen LogP contribution in [-0.4, -0.2) is 0 Å². The molecule has 4 aliphatic carbocycles. The van der Waals surface area contributed by atoms with E-state index in [1.165, 1.54) is 66.1 Å². The SMILES string of the molecule is CC1c2cccc3cccc(c23)C1C1=Cc2ccccc2C1CC1C(C2c3cccc4cccc(c34)C2C)=Cc2ccccc21. The topological polar surface area (TPSA) is 0 Å². The van der Waals surface area contributed by atoms with Gasteiger partial charge in [-0.1, -0.05) is 158 Å². The highest BCUT2D eigenvalue weighted by molar-refractivity contribution is 5.95. The van der Waals surface area contributed by atoms with E-state index < -0.39 is 0 Å². The minimum absolute atomic E-state index is 0.382. The number of allylic oxidation sites excluding steroid dienone is 2. The molecule has 10 rings (SSSR count). The predicted octanol–water partition coefficient (Wildman–Crippen LogP) is 11.8. The van der Waals surface area contributed by atoms with Gasteiger partial charge in [0.25, 0.3) is 0 Å². The molecule has 0 fully saturated rings. The van der Waals surface area contributed by atoms with Crippen LogP contribution in [0.1, 0.15) is 100 Å². The number of rotatable bonds is 4. The summed E-state index contributed by atoms with van der Waals surface area (Å²) < 4.78 is 0. The van der Waals surface area contributed by atoms with Crippen molar-refractivity contribution in [3.8, 4) is 0 Å². The fourth-order valence-electron chi connectivity index (χ4n) is 10.1. The number of fused-ring (bicyclic) bond motifs is 2. The summed E-state index contributed by atoms with van der Waals surface area (Å²) in [4.78, 5) is 0. The van der Waals surface area contributed by atoms with Crippen LogP contribution in [0.4, 0.5) is 0 Å².